The molecule has 9 heteroatoms. The van der Waals surface area contributed by atoms with Crippen LogP contribution in [0.4, 0.5) is 11.4 Å². The molecule has 0 heterocycles. The van der Waals surface area contributed by atoms with E-state index in [2.05, 4.69) is 0 Å². The molecule has 0 amide bonds. The van der Waals surface area contributed by atoms with Crippen molar-refractivity contribution >= 4 is 11.4 Å². The molecule has 104 valence electrons. The lowest BCUT2D eigenvalue weighted by molar-refractivity contribution is -0.394. The molecule has 2 N–H and O–H groups in total. The minimum Gasteiger partial charge on any atom is -0.484 e. The highest BCUT2D eigenvalue weighted by atomic mass is 16.6. The van der Waals surface area contributed by atoms with E-state index in [1.54, 1.807) is 0 Å². The molecule has 0 atom stereocenters. The predicted molar refractivity (Wildman–Crippen MR) is 65.1 cm³/mol. The Bertz CT molecular complexity index is 465. The summed E-state index contributed by atoms with van der Waals surface area (Å²) >= 11 is 0. The normalized spacial score (nSPS) is 10.2. The van der Waals surface area contributed by atoms with E-state index in [9.17, 15) is 20.2 Å². The maximum absolute atomic E-state index is 10.8. The number of ether oxygens (including phenoxy) is 2. The minimum absolute atomic E-state index is 0.0352. The number of nitrogens with zero attached hydrogens (tertiary/aromatic N) is 2. The van der Waals surface area contributed by atoms with Gasteiger partial charge in [0.05, 0.1) is 29.1 Å². The van der Waals surface area contributed by atoms with Crippen molar-refractivity contribution in [3.05, 3.63) is 38.4 Å². The summed E-state index contributed by atoms with van der Waals surface area (Å²) in [6.07, 6.45) is 0. The molecule has 19 heavy (non-hydrogen) atoms. The molecule has 1 aromatic carbocycles. The van der Waals surface area contributed by atoms with Crippen LogP contribution in [0.15, 0.2) is 18.2 Å². The van der Waals surface area contributed by atoms with Gasteiger partial charge < -0.3 is 15.2 Å². The van der Waals surface area contributed by atoms with Crippen molar-refractivity contribution in [2.45, 2.75) is 0 Å². The molecular formula is C10H13N3O6. The Morgan fingerprint density at radius 3 is 2.42 bits per heavy atom. The van der Waals surface area contributed by atoms with E-state index in [1.807, 2.05) is 0 Å². The van der Waals surface area contributed by atoms with E-state index in [0.29, 0.717) is 13.2 Å². The van der Waals surface area contributed by atoms with Gasteiger partial charge in [0, 0.05) is 12.6 Å². The Balaban J connectivity index is 2.71. The van der Waals surface area contributed by atoms with Crippen molar-refractivity contribution < 1.29 is 19.3 Å². The Hall–Kier alpha value is -2.26. The molecule has 0 spiro atoms. The van der Waals surface area contributed by atoms with Crippen molar-refractivity contribution in [1.82, 2.24) is 0 Å². The monoisotopic (exact) mass is 271 g/mol. The first kappa shape index (κ1) is 14.8. The number of benzene rings is 1. The zero-order chi connectivity index (χ0) is 14.3. The number of nitro benzene ring substituents is 2. The maximum Gasteiger partial charge on any atom is 0.317 e. The van der Waals surface area contributed by atoms with Gasteiger partial charge in [-0.15, -0.1) is 0 Å². The largest absolute Gasteiger partial charge is 0.484 e. The van der Waals surface area contributed by atoms with E-state index in [-0.39, 0.29) is 24.7 Å². The standard InChI is InChI=1S/C10H13N3O6/c11-3-4-18-5-6-19-10-2-1-8(12(14)15)7-9(10)13(16)17/h1-2,7H,3-6,11H2. The van der Waals surface area contributed by atoms with Gasteiger partial charge in [-0.25, -0.2) is 0 Å². The SMILES string of the molecule is NCCOCCOc1ccc([N+](=O)[O-])cc1[N+](=O)[O-]. The molecule has 0 aliphatic carbocycles. The zero-order valence-electron chi connectivity index (χ0n) is 9.98. The summed E-state index contributed by atoms with van der Waals surface area (Å²) in [5.41, 5.74) is 4.40. The second kappa shape index (κ2) is 7.24. The van der Waals surface area contributed by atoms with Crippen LogP contribution in [0.1, 0.15) is 0 Å². The van der Waals surface area contributed by atoms with Gasteiger partial charge in [0.25, 0.3) is 5.69 Å². The molecular weight excluding hydrogens is 258 g/mol. The van der Waals surface area contributed by atoms with Gasteiger partial charge in [-0.2, -0.15) is 0 Å². The third-order valence-electron chi connectivity index (χ3n) is 2.10. The highest BCUT2D eigenvalue weighted by molar-refractivity contribution is 5.53. The Kier molecular flexibility index (Phi) is 5.64. The van der Waals surface area contributed by atoms with Crippen molar-refractivity contribution in [3.8, 4) is 5.75 Å². The second-order valence-corrected chi connectivity index (χ2v) is 3.42. The number of nitro groups is 2. The predicted octanol–water partition coefficient (Wildman–Crippen LogP) is 0.857. The van der Waals surface area contributed by atoms with E-state index >= 15 is 0 Å². The average molecular weight is 271 g/mol. The van der Waals surface area contributed by atoms with E-state index < -0.39 is 15.5 Å². The number of hydrogen-bond donors (Lipinski definition) is 1. The molecule has 0 unspecified atom stereocenters. The summed E-state index contributed by atoms with van der Waals surface area (Å²) in [5, 5.41) is 21.3. The highest BCUT2D eigenvalue weighted by Crippen LogP contribution is 2.30. The van der Waals surface area contributed by atoms with Gasteiger partial charge in [0.2, 0.25) is 0 Å². The first-order valence-corrected chi connectivity index (χ1v) is 5.39. The molecule has 0 bridgehead atoms. The average Bonchev–Trinajstić information content (AvgIpc) is 2.38. The summed E-state index contributed by atoms with van der Waals surface area (Å²) in [6.45, 7) is 1.06. The van der Waals surface area contributed by atoms with Crippen LogP contribution >= 0.6 is 0 Å². The molecule has 9 nitrogen and oxygen atoms in total. The fourth-order valence-electron chi connectivity index (χ4n) is 1.28. The van der Waals surface area contributed by atoms with Crippen LogP contribution in [0, 0.1) is 20.2 Å². The Morgan fingerprint density at radius 2 is 1.84 bits per heavy atom. The number of non-ortho nitro benzene ring substituents is 1. The van der Waals surface area contributed by atoms with Crippen LogP contribution in [0.3, 0.4) is 0 Å². The van der Waals surface area contributed by atoms with Crippen molar-refractivity contribution in [3.63, 3.8) is 0 Å². The lowest BCUT2D eigenvalue weighted by Crippen LogP contribution is -2.13. The number of rotatable bonds is 8. The van der Waals surface area contributed by atoms with Gasteiger partial charge >= 0.3 is 5.69 Å². The summed E-state index contributed by atoms with van der Waals surface area (Å²) in [6, 6.07) is 3.19. The van der Waals surface area contributed by atoms with Gasteiger partial charge in [0.1, 0.15) is 6.61 Å². The van der Waals surface area contributed by atoms with Gasteiger partial charge in [-0.3, -0.25) is 20.2 Å². The number of hydrogen-bond acceptors (Lipinski definition) is 7. The van der Waals surface area contributed by atoms with Crippen LogP contribution < -0.4 is 10.5 Å². The van der Waals surface area contributed by atoms with E-state index in [1.165, 1.54) is 6.07 Å². The fraction of sp³-hybridized carbons (Fsp3) is 0.400. The highest BCUT2D eigenvalue weighted by Gasteiger charge is 2.20. The lowest BCUT2D eigenvalue weighted by atomic mass is 10.2. The van der Waals surface area contributed by atoms with Gasteiger partial charge in [-0.1, -0.05) is 0 Å². The summed E-state index contributed by atoms with van der Waals surface area (Å²) in [5.74, 6) is -0.0352. The van der Waals surface area contributed by atoms with E-state index in [4.69, 9.17) is 15.2 Å². The van der Waals surface area contributed by atoms with Crippen molar-refractivity contribution in [2.75, 3.05) is 26.4 Å². The third kappa shape index (κ3) is 4.48. The molecule has 0 fully saturated rings. The first-order valence-electron chi connectivity index (χ1n) is 5.39. The molecule has 0 aliphatic rings. The quantitative estimate of drug-likeness (QED) is 0.421. The van der Waals surface area contributed by atoms with Crippen LogP contribution in [0.25, 0.3) is 0 Å². The van der Waals surface area contributed by atoms with Crippen LogP contribution in [-0.4, -0.2) is 36.2 Å². The third-order valence-corrected chi connectivity index (χ3v) is 2.10. The Morgan fingerprint density at radius 1 is 1.11 bits per heavy atom. The lowest BCUT2D eigenvalue weighted by Gasteiger charge is -2.06. The van der Waals surface area contributed by atoms with Crippen LogP contribution in [-0.2, 0) is 4.74 Å². The molecule has 0 saturated carbocycles. The number of nitrogens with two attached hydrogens (primary N) is 1. The molecule has 0 radical (unpaired) electrons. The fourth-order valence-corrected chi connectivity index (χ4v) is 1.28. The van der Waals surface area contributed by atoms with Crippen molar-refractivity contribution in [1.29, 1.82) is 0 Å². The molecule has 1 aromatic rings. The minimum atomic E-state index is -0.733. The van der Waals surface area contributed by atoms with Gasteiger partial charge in [-0.05, 0) is 6.07 Å². The summed E-state index contributed by atoms with van der Waals surface area (Å²) in [4.78, 5) is 19.9. The first-order chi connectivity index (χ1) is 9.06. The molecule has 0 saturated heterocycles. The van der Waals surface area contributed by atoms with Gasteiger partial charge in [0.15, 0.2) is 5.75 Å². The van der Waals surface area contributed by atoms with Crippen LogP contribution in [0.2, 0.25) is 0 Å². The topological polar surface area (TPSA) is 131 Å². The van der Waals surface area contributed by atoms with Crippen molar-refractivity contribution in [2.24, 2.45) is 5.73 Å². The summed E-state index contributed by atoms with van der Waals surface area (Å²) in [7, 11) is 0. The Labute approximate surface area is 108 Å². The zero-order valence-corrected chi connectivity index (χ0v) is 9.98. The molecule has 1 rings (SSSR count). The van der Waals surface area contributed by atoms with Crippen LogP contribution in [0.5, 0.6) is 5.75 Å². The molecule has 0 aliphatic heterocycles. The van der Waals surface area contributed by atoms with E-state index in [0.717, 1.165) is 12.1 Å². The molecule has 0 aromatic heterocycles. The smallest absolute Gasteiger partial charge is 0.317 e. The summed E-state index contributed by atoms with van der Waals surface area (Å²) < 4.78 is 10.2. The maximum atomic E-state index is 10.8. The second-order valence-electron chi connectivity index (χ2n) is 3.42.